The third-order valence-corrected chi connectivity index (χ3v) is 2.94. The van der Waals surface area contributed by atoms with E-state index in [9.17, 15) is 14.7 Å². The summed E-state index contributed by atoms with van der Waals surface area (Å²) in [5.74, 6) is -0.323. The number of pyridine rings is 1. The Labute approximate surface area is 108 Å². The minimum atomic E-state index is -0.587. The molecule has 1 N–H and O–H groups in total. The molecule has 4 nitrogen and oxygen atoms in total. The molecule has 2 aromatic rings. The normalized spacial score (nSPS) is 10.3. The van der Waals surface area contributed by atoms with Crippen molar-refractivity contribution in [1.82, 2.24) is 4.57 Å². The lowest BCUT2D eigenvalue weighted by Gasteiger charge is -2.12. The number of aromatic nitrogens is 1. The fourth-order valence-corrected chi connectivity index (χ4v) is 1.99. The number of aromatic hydroxyl groups is 1. The predicted octanol–water partition coefficient (Wildman–Crippen LogP) is 2.32. The van der Waals surface area contributed by atoms with Gasteiger partial charge in [0.25, 0.3) is 5.56 Å². The number of carbonyl (C=O) groups excluding carboxylic acids is 1. The van der Waals surface area contributed by atoms with Crippen LogP contribution in [0.4, 0.5) is 0 Å². The van der Waals surface area contributed by atoms with Crippen molar-refractivity contribution < 1.29 is 9.90 Å². The lowest BCUT2D eigenvalue weighted by atomic mass is 10.2. The van der Waals surface area contributed by atoms with Crippen LogP contribution in [0.15, 0.2) is 35.1 Å². The van der Waals surface area contributed by atoms with Crippen LogP contribution < -0.4 is 5.56 Å². The number of halogens is 1. The van der Waals surface area contributed by atoms with Crippen LogP contribution in [0.1, 0.15) is 16.1 Å². The van der Waals surface area contributed by atoms with Gasteiger partial charge in [0, 0.05) is 11.8 Å². The Morgan fingerprint density at radius 2 is 2.00 bits per heavy atom. The molecule has 0 amide bonds. The Morgan fingerprint density at radius 3 is 2.61 bits per heavy atom. The van der Waals surface area contributed by atoms with Gasteiger partial charge in [-0.15, -0.1) is 0 Å². The summed E-state index contributed by atoms with van der Waals surface area (Å²) >= 11 is 6.03. The molecule has 92 valence electrons. The van der Waals surface area contributed by atoms with Crippen molar-refractivity contribution >= 4 is 17.9 Å². The van der Waals surface area contributed by atoms with E-state index in [-0.39, 0.29) is 11.3 Å². The second-order valence-corrected chi connectivity index (χ2v) is 4.20. The molecule has 0 bridgehead atoms. The topological polar surface area (TPSA) is 59.3 Å². The largest absolute Gasteiger partial charge is 0.507 e. The lowest BCUT2D eigenvalue weighted by molar-refractivity contribution is 0.111. The van der Waals surface area contributed by atoms with E-state index in [4.69, 9.17) is 11.6 Å². The van der Waals surface area contributed by atoms with Crippen molar-refractivity contribution in [2.75, 3.05) is 0 Å². The molecule has 5 heteroatoms. The summed E-state index contributed by atoms with van der Waals surface area (Å²) < 4.78 is 1.30. The molecule has 0 saturated carbocycles. The minimum Gasteiger partial charge on any atom is -0.507 e. The molecule has 0 unspecified atom stereocenters. The molecule has 0 atom stereocenters. The van der Waals surface area contributed by atoms with E-state index in [2.05, 4.69) is 0 Å². The monoisotopic (exact) mass is 263 g/mol. The van der Waals surface area contributed by atoms with Gasteiger partial charge in [-0.05, 0) is 19.1 Å². The number of hydrogen-bond acceptors (Lipinski definition) is 3. The van der Waals surface area contributed by atoms with Gasteiger partial charge in [0.05, 0.1) is 10.7 Å². The van der Waals surface area contributed by atoms with Crippen molar-refractivity contribution in [3.63, 3.8) is 0 Å². The van der Waals surface area contributed by atoms with Gasteiger partial charge >= 0.3 is 0 Å². The number of aryl methyl sites for hydroxylation is 1. The van der Waals surface area contributed by atoms with Gasteiger partial charge in [-0.2, -0.15) is 0 Å². The smallest absolute Gasteiger partial charge is 0.269 e. The Kier molecular flexibility index (Phi) is 3.21. The number of aldehydes is 1. The highest BCUT2D eigenvalue weighted by atomic mass is 35.5. The van der Waals surface area contributed by atoms with E-state index in [0.29, 0.717) is 22.7 Å². The molecule has 0 aliphatic heterocycles. The number of benzene rings is 1. The summed E-state index contributed by atoms with van der Waals surface area (Å²) in [7, 11) is 0. The Morgan fingerprint density at radius 1 is 1.33 bits per heavy atom. The van der Waals surface area contributed by atoms with E-state index >= 15 is 0 Å². The standard InChI is InChI=1S/C13H10ClNO3/c1-8-6-12(17)9(7-16)13(18)15(8)11-5-3-2-4-10(11)14/h2-7,17H,1H3. The summed E-state index contributed by atoms with van der Waals surface area (Å²) in [5, 5.41) is 9.93. The van der Waals surface area contributed by atoms with Crippen molar-refractivity contribution in [2.24, 2.45) is 0 Å². The summed E-state index contributed by atoms with van der Waals surface area (Å²) in [4.78, 5) is 22.9. The van der Waals surface area contributed by atoms with Crippen molar-refractivity contribution in [2.45, 2.75) is 6.92 Å². The fraction of sp³-hybridized carbons (Fsp3) is 0.0769. The molecule has 1 heterocycles. The molecule has 18 heavy (non-hydrogen) atoms. The lowest BCUT2D eigenvalue weighted by Crippen LogP contribution is -2.24. The Hall–Kier alpha value is -2.07. The number of para-hydroxylation sites is 1. The molecule has 0 saturated heterocycles. The van der Waals surface area contributed by atoms with Crippen LogP contribution in [0.3, 0.4) is 0 Å². The maximum atomic E-state index is 12.1. The van der Waals surface area contributed by atoms with Crippen LogP contribution in [0.5, 0.6) is 5.75 Å². The van der Waals surface area contributed by atoms with Crippen LogP contribution in [0.25, 0.3) is 5.69 Å². The Bertz CT molecular complexity index is 676. The highest BCUT2D eigenvalue weighted by Gasteiger charge is 2.14. The maximum absolute atomic E-state index is 12.1. The first kappa shape index (κ1) is 12.4. The first-order valence-corrected chi connectivity index (χ1v) is 5.59. The quantitative estimate of drug-likeness (QED) is 0.846. The highest BCUT2D eigenvalue weighted by Crippen LogP contribution is 2.22. The SMILES string of the molecule is Cc1cc(O)c(C=O)c(=O)n1-c1ccccc1Cl. The zero-order valence-electron chi connectivity index (χ0n) is 9.55. The van der Waals surface area contributed by atoms with Gasteiger partial charge in [0.15, 0.2) is 6.29 Å². The predicted molar refractivity (Wildman–Crippen MR) is 68.8 cm³/mol. The number of rotatable bonds is 2. The van der Waals surface area contributed by atoms with E-state index in [1.807, 2.05) is 0 Å². The molecule has 0 aliphatic carbocycles. The maximum Gasteiger partial charge on any atom is 0.269 e. The first-order chi connectivity index (χ1) is 8.56. The summed E-state index contributed by atoms with van der Waals surface area (Å²) in [6.07, 6.45) is 0.338. The zero-order valence-corrected chi connectivity index (χ0v) is 10.3. The summed E-state index contributed by atoms with van der Waals surface area (Å²) in [6.45, 7) is 1.65. The third-order valence-electron chi connectivity index (χ3n) is 2.62. The van der Waals surface area contributed by atoms with Gasteiger partial charge in [-0.3, -0.25) is 14.2 Å². The van der Waals surface area contributed by atoms with Gasteiger partial charge in [0.2, 0.25) is 0 Å². The minimum absolute atomic E-state index is 0.277. The van der Waals surface area contributed by atoms with Gasteiger partial charge < -0.3 is 5.11 Å². The van der Waals surface area contributed by atoms with Gasteiger partial charge in [0.1, 0.15) is 11.3 Å². The molecule has 0 radical (unpaired) electrons. The average Bonchev–Trinajstić information content (AvgIpc) is 2.31. The number of nitrogens with zero attached hydrogens (tertiary/aromatic N) is 1. The molecule has 2 rings (SSSR count). The second kappa shape index (κ2) is 4.66. The average molecular weight is 264 g/mol. The van der Waals surface area contributed by atoms with Crippen LogP contribution in [0, 0.1) is 6.92 Å². The summed E-state index contributed by atoms with van der Waals surface area (Å²) in [6, 6.07) is 8.15. The molecule has 0 aliphatic rings. The second-order valence-electron chi connectivity index (χ2n) is 3.79. The van der Waals surface area contributed by atoms with E-state index in [1.165, 1.54) is 10.6 Å². The molecule has 0 spiro atoms. The Balaban J connectivity index is 2.85. The van der Waals surface area contributed by atoms with Gasteiger partial charge in [-0.25, -0.2) is 0 Å². The molecule has 1 aromatic carbocycles. The summed E-state index contributed by atoms with van der Waals surface area (Å²) in [5.41, 5.74) is 0.108. The van der Waals surface area contributed by atoms with Gasteiger partial charge in [-0.1, -0.05) is 23.7 Å². The van der Waals surface area contributed by atoms with Crippen LogP contribution >= 0.6 is 11.6 Å². The number of carbonyl (C=O) groups is 1. The van der Waals surface area contributed by atoms with Crippen molar-refractivity contribution in [3.05, 3.63) is 57.0 Å². The van der Waals surface area contributed by atoms with Crippen LogP contribution in [-0.4, -0.2) is 16.0 Å². The van der Waals surface area contributed by atoms with E-state index in [1.54, 1.807) is 31.2 Å². The fourth-order valence-electron chi connectivity index (χ4n) is 1.77. The van der Waals surface area contributed by atoms with E-state index < -0.39 is 5.56 Å². The molecule has 1 aromatic heterocycles. The highest BCUT2D eigenvalue weighted by molar-refractivity contribution is 6.32. The first-order valence-electron chi connectivity index (χ1n) is 5.22. The zero-order chi connectivity index (χ0) is 13.3. The van der Waals surface area contributed by atoms with Crippen molar-refractivity contribution in [3.8, 4) is 11.4 Å². The van der Waals surface area contributed by atoms with Crippen LogP contribution in [0.2, 0.25) is 5.02 Å². The molecular formula is C13H10ClNO3. The number of hydrogen-bond donors (Lipinski definition) is 1. The molecular weight excluding hydrogens is 254 g/mol. The third kappa shape index (κ3) is 1.91. The van der Waals surface area contributed by atoms with Crippen LogP contribution in [-0.2, 0) is 0 Å². The van der Waals surface area contributed by atoms with E-state index in [0.717, 1.165) is 0 Å². The van der Waals surface area contributed by atoms with Crippen molar-refractivity contribution in [1.29, 1.82) is 0 Å². The molecule has 0 fully saturated rings.